The topological polar surface area (TPSA) is 23.5 Å². The SMILES string of the molecule is CN(C)c1ccccc1C(O)(C(C)(C)C)C(F)(F)F. The number of para-hydroxylation sites is 1. The first-order chi connectivity index (χ1) is 8.43. The normalized spacial score (nSPS) is 16.1. The standard InChI is InChI=1S/C14H20F3NO/c1-12(2,3)13(19,14(15,16)17)10-8-6-7-9-11(10)18(4)5/h6-9,19H,1-5H3. The summed E-state index contributed by atoms with van der Waals surface area (Å²) in [5, 5.41) is 10.4. The third-order valence-corrected chi connectivity index (χ3v) is 3.27. The molecule has 0 aromatic heterocycles. The molecule has 0 amide bonds. The van der Waals surface area contributed by atoms with Gasteiger partial charge in [-0.05, 0) is 6.07 Å². The molecule has 1 aromatic carbocycles. The molecule has 0 spiro atoms. The van der Waals surface area contributed by atoms with Crippen LogP contribution in [0.1, 0.15) is 26.3 Å². The number of hydrogen-bond acceptors (Lipinski definition) is 2. The molecule has 1 aromatic rings. The van der Waals surface area contributed by atoms with Crippen molar-refractivity contribution in [3.63, 3.8) is 0 Å². The molecule has 0 saturated heterocycles. The zero-order chi connectivity index (χ0) is 15.1. The molecule has 0 bridgehead atoms. The van der Waals surface area contributed by atoms with Crippen molar-refractivity contribution < 1.29 is 18.3 Å². The van der Waals surface area contributed by atoms with Crippen molar-refractivity contribution in [2.45, 2.75) is 32.5 Å². The molecular formula is C14H20F3NO. The summed E-state index contributed by atoms with van der Waals surface area (Å²) < 4.78 is 40.4. The van der Waals surface area contributed by atoms with Crippen molar-refractivity contribution in [1.29, 1.82) is 0 Å². The van der Waals surface area contributed by atoms with E-state index in [0.717, 1.165) is 0 Å². The van der Waals surface area contributed by atoms with E-state index >= 15 is 0 Å². The molecule has 0 saturated carbocycles. The van der Waals surface area contributed by atoms with Crippen LogP contribution in [0, 0.1) is 5.41 Å². The summed E-state index contributed by atoms with van der Waals surface area (Å²) in [7, 11) is 3.30. The van der Waals surface area contributed by atoms with E-state index in [2.05, 4.69) is 0 Å². The van der Waals surface area contributed by atoms with Gasteiger partial charge in [-0.25, -0.2) is 0 Å². The number of hydrogen-bond donors (Lipinski definition) is 1. The molecule has 0 aliphatic rings. The fourth-order valence-corrected chi connectivity index (χ4v) is 2.15. The van der Waals surface area contributed by atoms with Gasteiger partial charge in [0.15, 0.2) is 5.60 Å². The van der Waals surface area contributed by atoms with Crippen molar-refractivity contribution in [3.8, 4) is 0 Å². The number of benzene rings is 1. The first-order valence-electron chi connectivity index (χ1n) is 5.99. The molecule has 0 heterocycles. The van der Waals surface area contributed by atoms with Gasteiger partial charge in [0.1, 0.15) is 0 Å². The molecule has 1 unspecified atom stereocenters. The van der Waals surface area contributed by atoms with E-state index in [4.69, 9.17) is 0 Å². The van der Waals surface area contributed by atoms with Crippen LogP contribution in [0.5, 0.6) is 0 Å². The van der Waals surface area contributed by atoms with Gasteiger partial charge >= 0.3 is 6.18 Å². The lowest BCUT2D eigenvalue weighted by atomic mass is 9.71. The fraction of sp³-hybridized carbons (Fsp3) is 0.571. The first-order valence-corrected chi connectivity index (χ1v) is 5.99. The summed E-state index contributed by atoms with van der Waals surface area (Å²) >= 11 is 0. The van der Waals surface area contributed by atoms with Gasteiger partial charge in [-0.15, -0.1) is 0 Å². The highest BCUT2D eigenvalue weighted by atomic mass is 19.4. The van der Waals surface area contributed by atoms with E-state index in [9.17, 15) is 18.3 Å². The summed E-state index contributed by atoms with van der Waals surface area (Å²) in [6, 6.07) is 6.05. The molecule has 19 heavy (non-hydrogen) atoms. The quantitative estimate of drug-likeness (QED) is 0.892. The van der Waals surface area contributed by atoms with Gasteiger partial charge in [-0.2, -0.15) is 13.2 Å². The summed E-state index contributed by atoms with van der Waals surface area (Å²) in [5.41, 5.74) is -4.05. The monoisotopic (exact) mass is 275 g/mol. The number of aliphatic hydroxyl groups is 1. The van der Waals surface area contributed by atoms with Gasteiger partial charge in [-0.3, -0.25) is 0 Å². The second kappa shape index (κ2) is 4.71. The highest BCUT2D eigenvalue weighted by Gasteiger charge is 2.62. The highest BCUT2D eigenvalue weighted by Crippen LogP contribution is 2.52. The van der Waals surface area contributed by atoms with Gasteiger partial charge in [0.05, 0.1) is 0 Å². The van der Waals surface area contributed by atoms with E-state index in [1.165, 1.54) is 32.9 Å². The Morgan fingerprint density at radius 1 is 1.00 bits per heavy atom. The Bertz CT molecular complexity index is 433. The van der Waals surface area contributed by atoms with E-state index in [1.807, 2.05) is 0 Å². The van der Waals surface area contributed by atoms with Crippen LogP contribution in [0.3, 0.4) is 0 Å². The number of halogens is 3. The highest BCUT2D eigenvalue weighted by molar-refractivity contribution is 5.56. The predicted octanol–water partition coefficient (Wildman–Crippen LogP) is 3.55. The van der Waals surface area contributed by atoms with Gasteiger partial charge in [0.25, 0.3) is 0 Å². The summed E-state index contributed by atoms with van der Waals surface area (Å²) in [6.07, 6.45) is -4.75. The third kappa shape index (κ3) is 2.56. The average molecular weight is 275 g/mol. The van der Waals surface area contributed by atoms with Gasteiger partial charge in [-0.1, -0.05) is 39.0 Å². The van der Waals surface area contributed by atoms with Crippen LogP contribution >= 0.6 is 0 Å². The third-order valence-electron chi connectivity index (χ3n) is 3.27. The molecule has 0 aliphatic carbocycles. The minimum Gasteiger partial charge on any atom is -0.377 e. The molecular weight excluding hydrogens is 255 g/mol. The van der Waals surface area contributed by atoms with Crippen LogP contribution < -0.4 is 4.90 Å². The molecule has 0 aliphatic heterocycles. The minimum absolute atomic E-state index is 0.125. The molecule has 108 valence electrons. The largest absolute Gasteiger partial charge is 0.422 e. The minimum atomic E-state index is -4.75. The first kappa shape index (κ1) is 15.8. The lowest BCUT2D eigenvalue weighted by Gasteiger charge is -2.43. The van der Waals surface area contributed by atoms with Crippen molar-refractivity contribution in [3.05, 3.63) is 29.8 Å². The molecule has 1 rings (SSSR count). The molecule has 1 N–H and O–H groups in total. The maximum Gasteiger partial charge on any atom is 0.422 e. The molecule has 0 radical (unpaired) electrons. The van der Waals surface area contributed by atoms with Gasteiger partial charge in [0.2, 0.25) is 0 Å². The van der Waals surface area contributed by atoms with Crippen LogP contribution in [0.15, 0.2) is 24.3 Å². The van der Waals surface area contributed by atoms with Crippen LogP contribution in [0.4, 0.5) is 18.9 Å². The van der Waals surface area contributed by atoms with Crippen molar-refractivity contribution in [2.75, 3.05) is 19.0 Å². The van der Waals surface area contributed by atoms with E-state index in [-0.39, 0.29) is 5.56 Å². The number of rotatable bonds is 2. The maximum absolute atomic E-state index is 13.5. The number of nitrogens with zero attached hydrogens (tertiary/aromatic N) is 1. The van der Waals surface area contributed by atoms with Crippen molar-refractivity contribution in [2.24, 2.45) is 5.41 Å². The van der Waals surface area contributed by atoms with E-state index in [0.29, 0.717) is 5.69 Å². The summed E-state index contributed by atoms with van der Waals surface area (Å²) in [6.45, 7) is 4.15. The Balaban J connectivity index is 3.62. The van der Waals surface area contributed by atoms with Crippen LogP contribution in [-0.2, 0) is 5.60 Å². The van der Waals surface area contributed by atoms with E-state index < -0.39 is 17.2 Å². The second-order valence-electron chi connectivity index (χ2n) is 5.87. The van der Waals surface area contributed by atoms with Crippen LogP contribution in [0.2, 0.25) is 0 Å². The van der Waals surface area contributed by atoms with Crippen molar-refractivity contribution in [1.82, 2.24) is 0 Å². The lowest BCUT2D eigenvalue weighted by Crippen LogP contribution is -2.52. The van der Waals surface area contributed by atoms with Gasteiger partial charge < -0.3 is 10.0 Å². The summed E-state index contributed by atoms with van der Waals surface area (Å²) in [5.74, 6) is 0. The van der Waals surface area contributed by atoms with E-state index in [1.54, 1.807) is 31.1 Å². The molecule has 0 fully saturated rings. The van der Waals surface area contributed by atoms with Crippen LogP contribution in [0.25, 0.3) is 0 Å². The Hall–Kier alpha value is -1.23. The zero-order valence-corrected chi connectivity index (χ0v) is 11.8. The Morgan fingerprint density at radius 2 is 1.47 bits per heavy atom. The van der Waals surface area contributed by atoms with Crippen LogP contribution in [-0.4, -0.2) is 25.4 Å². The Labute approximate surface area is 111 Å². The zero-order valence-electron chi connectivity index (χ0n) is 11.8. The lowest BCUT2D eigenvalue weighted by molar-refractivity contribution is -0.302. The predicted molar refractivity (Wildman–Crippen MR) is 70.2 cm³/mol. The number of anilines is 1. The molecule has 5 heteroatoms. The van der Waals surface area contributed by atoms with Crippen molar-refractivity contribution >= 4 is 5.69 Å². The molecule has 1 atom stereocenters. The average Bonchev–Trinajstić information content (AvgIpc) is 2.24. The Kier molecular flexibility index (Phi) is 3.92. The number of alkyl halides is 3. The van der Waals surface area contributed by atoms with Gasteiger partial charge in [0, 0.05) is 30.8 Å². The molecule has 2 nitrogen and oxygen atoms in total. The maximum atomic E-state index is 13.5. The smallest absolute Gasteiger partial charge is 0.377 e. The second-order valence-corrected chi connectivity index (χ2v) is 5.87. The fourth-order valence-electron chi connectivity index (χ4n) is 2.15. The summed E-state index contributed by atoms with van der Waals surface area (Å²) in [4.78, 5) is 1.57. The Morgan fingerprint density at radius 3 is 1.84 bits per heavy atom.